The minimum atomic E-state index is -0.0502. The highest BCUT2D eigenvalue weighted by Gasteiger charge is 2.09. The molecule has 0 spiro atoms. The SMILES string of the molecule is CCC(=O)c1cccc(CO)c1Br. The van der Waals surface area contributed by atoms with E-state index in [2.05, 4.69) is 15.9 Å². The minimum Gasteiger partial charge on any atom is -0.392 e. The van der Waals surface area contributed by atoms with Gasteiger partial charge in [0.15, 0.2) is 5.78 Å². The van der Waals surface area contributed by atoms with Gasteiger partial charge in [-0.15, -0.1) is 0 Å². The first kappa shape index (κ1) is 10.4. The molecule has 70 valence electrons. The smallest absolute Gasteiger partial charge is 0.163 e. The lowest BCUT2D eigenvalue weighted by molar-refractivity contribution is 0.0987. The van der Waals surface area contributed by atoms with Crippen LogP contribution in [-0.4, -0.2) is 10.9 Å². The van der Waals surface area contributed by atoms with E-state index in [0.29, 0.717) is 16.5 Å². The van der Waals surface area contributed by atoms with Gasteiger partial charge in [0, 0.05) is 16.5 Å². The van der Waals surface area contributed by atoms with Crippen molar-refractivity contribution in [1.29, 1.82) is 0 Å². The third-order valence-electron chi connectivity index (χ3n) is 1.87. The van der Waals surface area contributed by atoms with Crippen LogP contribution in [0.5, 0.6) is 0 Å². The number of hydrogen-bond acceptors (Lipinski definition) is 2. The van der Waals surface area contributed by atoms with Crippen molar-refractivity contribution in [1.82, 2.24) is 0 Å². The lowest BCUT2D eigenvalue weighted by Gasteiger charge is -2.05. The number of aliphatic hydroxyl groups is 1. The van der Waals surface area contributed by atoms with E-state index in [1.165, 1.54) is 0 Å². The van der Waals surface area contributed by atoms with Crippen molar-refractivity contribution in [2.24, 2.45) is 0 Å². The molecule has 0 aromatic heterocycles. The van der Waals surface area contributed by atoms with E-state index < -0.39 is 0 Å². The van der Waals surface area contributed by atoms with Crippen molar-refractivity contribution >= 4 is 21.7 Å². The number of aliphatic hydroxyl groups excluding tert-OH is 1. The number of Topliss-reactive ketones (excluding diaryl/α,β-unsaturated/α-hetero) is 1. The van der Waals surface area contributed by atoms with Crippen molar-refractivity contribution in [3.8, 4) is 0 Å². The van der Waals surface area contributed by atoms with Gasteiger partial charge >= 0.3 is 0 Å². The van der Waals surface area contributed by atoms with E-state index >= 15 is 0 Å². The predicted molar refractivity (Wildman–Crippen MR) is 54.7 cm³/mol. The summed E-state index contributed by atoms with van der Waals surface area (Å²) in [5.74, 6) is 0.0853. The van der Waals surface area contributed by atoms with Crippen LogP contribution in [0.4, 0.5) is 0 Å². The van der Waals surface area contributed by atoms with Crippen molar-refractivity contribution in [3.05, 3.63) is 33.8 Å². The first-order valence-corrected chi connectivity index (χ1v) is 4.91. The summed E-state index contributed by atoms with van der Waals surface area (Å²) < 4.78 is 0.712. The second-order valence-electron chi connectivity index (χ2n) is 2.71. The molecule has 0 amide bonds. The molecular formula is C10H11BrO2. The second kappa shape index (κ2) is 4.53. The van der Waals surface area contributed by atoms with E-state index in [-0.39, 0.29) is 12.4 Å². The maximum absolute atomic E-state index is 11.4. The largest absolute Gasteiger partial charge is 0.392 e. The Kier molecular flexibility index (Phi) is 3.63. The van der Waals surface area contributed by atoms with Gasteiger partial charge in [-0.1, -0.05) is 25.1 Å². The fraction of sp³-hybridized carbons (Fsp3) is 0.300. The van der Waals surface area contributed by atoms with Crippen LogP contribution in [0.15, 0.2) is 22.7 Å². The van der Waals surface area contributed by atoms with Crippen LogP contribution in [0.3, 0.4) is 0 Å². The van der Waals surface area contributed by atoms with Gasteiger partial charge in [0.25, 0.3) is 0 Å². The Morgan fingerprint density at radius 2 is 2.23 bits per heavy atom. The molecule has 0 saturated heterocycles. The highest BCUT2D eigenvalue weighted by molar-refractivity contribution is 9.10. The molecule has 0 unspecified atom stereocenters. The molecule has 2 nitrogen and oxygen atoms in total. The summed E-state index contributed by atoms with van der Waals surface area (Å²) in [6.07, 6.45) is 0.480. The van der Waals surface area contributed by atoms with Crippen molar-refractivity contribution < 1.29 is 9.90 Å². The van der Waals surface area contributed by atoms with E-state index in [4.69, 9.17) is 5.11 Å². The number of halogens is 1. The van der Waals surface area contributed by atoms with E-state index in [9.17, 15) is 4.79 Å². The molecule has 13 heavy (non-hydrogen) atoms. The number of carbonyl (C=O) groups is 1. The zero-order chi connectivity index (χ0) is 9.84. The van der Waals surface area contributed by atoms with E-state index in [1.54, 1.807) is 18.2 Å². The summed E-state index contributed by atoms with van der Waals surface area (Å²) in [5, 5.41) is 8.96. The summed E-state index contributed by atoms with van der Waals surface area (Å²) in [7, 11) is 0. The molecule has 0 fully saturated rings. The first-order chi connectivity index (χ1) is 6.20. The van der Waals surface area contributed by atoms with Gasteiger partial charge in [-0.25, -0.2) is 0 Å². The Morgan fingerprint density at radius 3 is 2.77 bits per heavy atom. The molecule has 1 rings (SSSR count). The molecule has 3 heteroatoms. The third kappa shape index (κ3) is 2.17. The van der Waals surface area contributed by atoms with Crippen LogP contribution in [0.1, 0.15) is 29.3 Å². The lowest BCUT2D eigenvalue weighted by Crippen LogP contribution is -2.00. The minimum absolute atomic E-state index is 0.0502. The number of carbonyl (C=O) groups excluding carboxylic acids is 1. The zero-order valence-electron chi connectivity index (χ0n) is 7.38. The average Bonchev–Trinajstić information content (AvgIpc) is 2.17. The molecule has 0 bridgehead atoms. The summed E-state index contributed by atoms with van der Waals surface area (Å²) in [4.78, 5) is 11.4. The van der Waals surface area contributed by atoms with Crippen LogP contribution >= 0.6 is 15.9 Å². The second-order valence-corrected chi connectivity index (χ2v) is 3.51. The summed E-state index contributed by atoms with van der Waals surface area (Å²) in [6, 6.07) is 5.32. The quantitative estimate of drug-likeness (QED) is 0.828. The molecular weight excluding hydrogens is 232 g/mol. The fourth-order valence-corrected chi connectivity index (χ4v) is 1.72. The molecule has 0 atom stereocenters. The average molecular weight is 243 g/mol. The monoisotopic (exact) mass is 242 g/mol. The fourth-order valence-electron chi connectivity index (χ4n) is 1.11. The molecule has 1 N–H and O–H groups in total. The van der Waals surface area contributed by atoms with Crippen LogP contribution < -0.4 is 0 Å². The third-order valence-corrected chi connectivity index (χ3v) is 2.81. The summed E-state index contributed by atoms with van der Waals surface area (Å²) in [5.41, 5.74) is 1.40. The normalized spacial score (nSPS) is 10.1. The van der Waals surface area contributed by atoms with Gasteiger partial charge < -0.3 is 5.11 Å². The zero-order valence-corrected chi connectivity index (χ0v) is 8.97. The lowest BCUT2D eigenvalue weighted by atomic mass is 10.1. The van der Waals surface area contributed by atoms with Crippen molar-refractivity contribution in [2.75, 3.05) is 0 Å². The Hall–Kier alpha value is -0.670. The highest BCUT2D eigenvalue weighted by Crippen LogP contribution is 2.22. The highest BCUT2D eigenvalue weighted by atomic mass is 79.9. The Labute approximate surface area is 85.7 Å². The van der Waals surface area contributed by atoms with Gasteiger partial charge in [-0.2, -0.15) is 0 Å². The number of benzene rings is 1. The standard InChI is InChI=1S/C10H11BrO2/c1-2-9(13)8-5-3-4-7(6-12)10(8)11/h3-5,12H,2,6H2,1H3. The van der Waals surface area contributed by atoms with Crippen LogP contribution in [0.2, 0.25) is 0 Å². The number of rotatable bonds is 3. The first-order valence-electron chi connectivity index (χ1n) is 4.12. The Balaban J connectivity index is 3.15. The predicted octanol–water partition coefficient (Wildman–Crippen LogP) is 2.53. The molecule has 0 radical (unpaired) electrons. The molecule has 0 heterocycles. The van der Waals surface area contributed by atoms with Crippen LogP contribution in [0.25, 0.3) is 0 Å². The molecule has 0 aliphatic carbocycles. The van der Waals surface area contributed by atoms with Crippen LogP contribution in [0, 0.1) is 0 Å². The summed E-state index contributed by atoms with van der Waals surface area (Å²) >= 11 is 3.30. The van der Waals surface area contributed by atoms with Crippen LogP contribution in [-0.2, 0) is 6.61 Å². The van der Waals surface area contributed by atoms with E-state index in [0.717, 1.165) is 5.56 Å². The summed E-state index contributed by atoms with van der Waals surface area (Å²) in [6.45, 7) is 1.77. The maximum Gasteiger partial charge on any atom is 0.163 e. The van der Waals surface area contributed by atoms with Crippen molar-refractivity contribution in [2.45, 2.75) is 20.0 Å². The van der Waals surface area contributed by atoms with Gasteiger partial charge in [0.05, 0.1) is 6.61 Å². The number of hydrogen-bond donors (Lipinski definition) is 1. The molecule has 0 saturated carbocycles. The molecule has 1 aromatic carbocycles. The number of ketones is 1. The molecule has 0 aliphatic heterocycles. The van der Waals surface area contributed by atoms with E-state index in [1.807, 2.05) is 6.92 Å². The maximum atomic E-state index is 11.4. The van der Waals surface area contributed by atoms with Gasteiger partial charge in [-0.05, 0) is 21.5 Å². The van der Waals surface area contributed by atoms with Crippen molar-refractivity contribution in [3.63, 3.8) is 0 Å². The van der Waals surface area contributed by atoms with Gasteiger partial charge in [0.1, 0.15) is 0 Å². The molecule has 1 aromatic rings. The molecule has 0 aliphatic rings. The topological polar surface area (TPSA) is 37.3 Å². The Morgan fingerprint density at radius 1 is 1.54 bits per heavy atom. The Bertz CT molecular complexity index is 321. The van der Waals surface area contributed by atoms with Gasteiger partial charge in [0.2, 0.25) is 0 Å². The van der Waals surface area contributed by atoms with Gasteiger partial charge in [-0.3, -0.25) is 4.79 Å².